The summed E-state index contributed by atoms with van der Waals surface area (Å²) in [4.78, 5) is 12.1. The van der Waals surface area contributed by atoms with Gasteiger partial charge in [-0.25, -0.2) is 0 Å². The van der Waals surface area contributed by atoms with Gasteiger partial charge >= 0.3 is 0 Å². The molecule has 1 saturated heterocycles. The highest BCUT2D eigenvalue weighted by Gasteiger charge is 2.45. The minimum Gasteiger partial charge on any atom is -0.381 e. The van der Waals surface area contributed by atoms with E-state index < -0.39 is 0 Å². The summed E-state index contributed by atoms with van der Waals surface area (Å²) in [5.74, 6) is 0.531. The molecule has 0 spiro atoms. The van der Waals surface area contributed by atoms with Crippen LogP contribution in [0.3, 0.4) is 0 Å². The fourth-order valence-corrected chi connectivity index (χ4v) is 2.83. The van der Waals surface area contributed by atoms with Crippen LogP contribution >= 0.6 is 11.6 Å². The molecular formula is C15H18ClNO2. The van der Waals surface area contributed by atoms with Gasteiger partial charge in [0.05, 0.1) is 5.54 Å². The smallest absolute Gasteiger partial charge is 0.221 e. The predicted octanol–water partition coefficient (Wildman–Crippen LogP) is 2.87. The van der Waals surface area contributed by atoms with Crippen LogP contribution in [0.2, 0.25) is 5.02 Å². The molecule has 1 aromatic carbocycles. The number of hydrogen-bond donors (Lipinski definition) is 1. The second-order valence-corrected chi connectivity index (χ2v) is 6.01. The molecule has 3 nitrogen and oxygen atoms in total. The van der Waals surface area contributed by atoms with Crippen molar-refractivity contribution in [3.8, 4) is 0 Å². The Morgan fingerprint density at radius 1 is 1.37 bits per heavy atom. The summed E-state index contributed by atoms with van der Waals surface area (Å²) < 4.78 is 5.31. The number of carbonyl (C=O) groups excluding carboxylic acids is 1. The first-order valence-corrected chi connectivity index (χ1v) is 7.21. The van der Waals surface area contributed by atoms with Gasteiger partial charge in [0, 0.05) is 24.7 Å². The number of benzene rings is 1. The molecule has 0 radical (unpaired) electrons. The Morgan fingerprint density at radius 3 is 2.68 bits per heavy atom. The lowest BCUT2D eigenvalue weighted by Gasteiger charge is -2.19. The van der Waals surface area contributed by atoms with E-state index in [1.54, 1.807) is 0 Å². The lowest BCUT2D eigenvalue weighted by molar-refractivity contribution is -0.123. The van der Waals surface area contributed by atoms with E-state index in [4.69, 9.17) is 16.3 Å². The minimum absolute atomic E-state index is 0.138. The minimum atomic E-state index is -0.138. The van der Waals surface area contributed by atoms with Gasteiger partial charge in [0.25, 0.3) is 0 Å². The lowest BCUT2D eigenvalue weighted by Crippen LogP contribution is -2.35. The molecule has 4 heteroatoms. The summed E-state index contributed by atoms with van der Waals surface area (Å²) in [6.45, 7) is 1.52. The standard InChI is InChI=1S/C15H18ClNO2/c16-13-3-1-12(2-4-13)15(6-7-15)17-14(18)9-11-5-8-19-10-11/h1-4,11H,5-10H2,(H,17,18)/t11-/m1/s1. The lowest BCUT2D eigenvalue weighted by atomic mass is 10.0. The number of ether oxygens (including phenoxy) is 1. The number of nitrogens with one attached hydrogen (secondary N) is 1. The Morgan fingerprint density at radius 2 is 2.11 bits per heavy atom. The van der Waals surface area contributed by atoms with E-state index >= 15 is 0 Å². The topological polar surface area (TPSA) is 38.3 Å². The highest BCUT2D eigenvalue weighted by molar-refractivity contribution is 6.30. The molecule has 2 fully saturated rings. The van der Waals surface area contributed by atoms with Crippen LogP contribution in [0.25, 0.3) is 0 Å². The van der Waals surface area contributed by atoms with Crippen LogP contribution in [0, 0.1) is 5.92 Å². The third-order valence-electron chi connectivity index (χ3n) is 4.02. The molecule has 0 bridgehead atoms. The van der Waals surface area contributed by atoms with Crippen LogP contribution < -0.4 is 5.32 Å². The SMILES string of the molecule is O=C(C[C@H]1CCOC1)NC1(c2ccc(Cl)cc2)CC1. The van der Waals surface area contributed by atoms with Crippen molar-refractivity contribution >= 4 is 17.5 Å². The normalized spacial score (nSPS) is 24.2. The van der Waals surface area contributed by atoms with Crippen LogP contribution in [0.15, 0.2) is 24.3 Å². The van der Waals surface area contributed by atoms with Gasteiger partial charge in [0.2, 0.25) is 5.91 Å². The molecule has 1 N–H and O–H groups in total. The van der Waals surface area contributed by atoms with Crippen LogP contribution in [-0.2, 0) is 15.1 Å². The highest BCUT2D eigenvalue weighted by atomic mass is 35.5. The Bertz CT molecular complexity index is 462. The van der Waals surface area contributed by atoms with Gasteiger partial charge in [0.15, 0.2) is 0 Å². The molecular weight excluding hydrogens is 262 g/mol. The Labute approximate surface area is 118 Å². The van der Waals surface area contributed by atoms with Crippen molar-refractivity contribution in [1.82, 2.24) is 5.32 Å². The summed E-state index contributed by atoms with van der Waals surface area (Å²) in [5, 5.41) is 3.92. The molecule has 19 heavy (non-hydrogen) atoms. The van der Waals surface area contributed by atoms with Crippen molar-refractivity contribution in [1.29, 1.82) is 0 Å². The van der Waals surface area contributed by atoms with Crippen molar-refractivity contribution < 1.29 is 9.53 Å². The van der Waals surface area contributed by atoms with E-state index in [0.717, 1.165) is 43.1 Å². The van der Waals surface area contributed by atoms with Gasteiger partial charge in [-0.15, -0.1) is 0 Å². The molecule has 1 amide bonds. The molecule has 1 aliphatic carbocycles. The van der Waals surface area contributed by atoms with Crippen LogP contribution in [0.1, 0.15) is 31.2 Å². The fourth-order valence-electron chi connectivity index (χ4n) is 2.70. The molecule has 1 saturated carbocycles. The number of rotatable bonds is 4. The van der Waals surface area contributed by atoms with Crippen molar-refractivity contribution in [2.24, 2.45) is 5.92 Å². The molecule has 1 heterocycles. The van der Waals surface area contributed by atoms with Crippen LogP contribution in [0.4, 0.5) is 0 Å². The first kappa shape index (κ1) is 12.9. The van der Waals surface area contributed by atoms with Gasteiger partial charge in [-0.2, -0.15) is 0 Å². The number of hydrogen-bond acceptors (Lipinski definition) is 2. The number of halogens is 1. The average molecular weight is 280 g/mol. The third-order valence-corrected chi connectivity index (χ3v) is 4.28. The Balaban J connectivity index is 1.61. The molecule has 1 aromatic rings. The van der Waals surface area contributed by atoms with Crippen LogP contribution in [0.5, 0.6) is 0 Å². The summed E-state index contributed by atoms with van der Waals surface area (Å²) >= 11 is 5.90. The van der Waals surface area contributed by atoms with Gasteiger partial charge in [0.1, 0.15) is 0 Å². The van der Waals surface area contributed by atoms with Crippen LogP contribution in [-0.4, -0.2) is 19.1 Å². The summed E-state index contributed by atoms with van der Waals surface area (Å²) in [6, 6.07) is 7.78. The average Bonchev–Trinajstić information content (AvgIpc) is 2.98. The molecule has 102 valence electrons. The second-order valence-electron chi connectivity index (χ2n) is 5.57. The van der Waals surface area contributed by atoms with Crippen molar-refractivity contribution in [2.45, 2.75) is 31.2 Å². The summed E-state index contributed by atoms with van der Waals surface area (Å²) in [7, 11) is 0. The maximum atomic E-state index is 12.1. The van der Waals surface area contributed by atoms with Gasteiger partial charge in [-0.3, -0.25) is 4.79 Å². The number of carbonyl (C=O) groups is 1. The van der Waals surface area contributed by atoms with Crippen molar-refractivity contribution in [3.63, 3.8) is 0 Å². The Kier molecular flexibility index (Phi) is 3.50. The molecule has 1 atom stereocenters. The monoisotopic (exact) mass is 279 g/mol. The molecule has 2 aliphatic rings. The Hall–Kier alpha value is -1.06. The zero-order valence-corrected chi connectivity index (χ0v) is 11.6. The highest BCUT2D eigenvalue weighted by Crippen LogP contribution is 2.45. The molecule has 3 rings (SSSR count). The van der Waals surface area contributed by atoms with Crippen molar-refractivity contribution in [3.05, 3.63) is 34.9 Å². The number of amides is 1. The zero-order valence-electron chi connectivity index (χ0n) is 10.8. The van der Waals surface area contributed by atoms with E-state index in [1.165, 1.54) is 0 Å². The summed E-state index contributed by atoms with van der Waals surface area (Å²) in [5.41, 5.74) is 1.02. The molecule has 1 aliphatic heterocycles. The second kappa shape index (κ2) is 5.14. The van der Waals surface area contributed by atoms with Crippen molar-refractivity contribution in [2.75, 3.05) is 13.2 Å². The van der Waals surface area contributed by atoms with E-state index in [0.29, 0.717) is 12.3 Å². The first-order valence-electron chi connectivity index (χ1n) is 6.83. The van der Waals surface area contributed by atoms with Gasteiger partial charge in [-0.1, -0.05) is 23.7 Å². The third kappa shape index (κ3) is 2.93. The van der Waals surface area contributed by atoms with E-state index in [1.807, 2.05) is 24.3 Å². The summed E-state index contributed by atoms with van der Waals surface area (Å²) in [6.07, 6.45) is 3.61. The van der Waals surface area contributed by atoms with E-state index in [2.05, 4.69) is 5.32 Å². The predicted molar refractivity (Wildman–Crippen MR) is 74.0 cm³/mol. The van der Waals surface area contributed by atoms with E-state index in [9.17, 15) is 4.79 Å². The quantitative estimate of drug-likeness (QED) is 0.920. The molecule has 0 aromatic heterocycles. The largest absolute Gasteiger partial charge is 0.381 e. The molecule has 0 unspecified atom stereocenters. The van der Waals surface area contributed by atoms with Gasteiger partial charge < -0.3 is 10.1 Å². The van der Waals surface area contributed by atoms with E-state index in [-0.39, 0.29) is 11.4 Å². The maximum absolute atomic E-state index is 12.1. The first-order chi connectivity index (χ1) is 9.18. The fraction of sp³-hybridized carbons (Fsp3) is 0.533. The van der Waals surface area contributed by atoms with Gasteiger partial charge in [-0.05, 0) is 42.9 Å². The maximum Gasteiger partial charge on any atom is 0.221 e. The zero-order chi connectivity index (χ0) is 13.3.